The topological polar surface area (TPSA) is 40.5 Å². The van der Waals surface area contributed by atoms with Crippen LogP contribution in [0.2, 0.25) is 0 Å². The second-order valence-electron chi connectivity index (χ2n) is 6.66. The van der Waals surface area contributed by atoms with E-state index in [1.807, 2.05) is 11.8 Å². The van der Waals surface area contributed by atoms with E-state index < -0.39 is 0 Å². The molecule has 1 aromatic carbocycles. The highest BCUT2D eigenvalue weighted by Gasteiger charge is 2.31. The molecule has 1 aromatic heterocycles. The summed E-state index contributed by atoms with van der Waals surface area (Å²) in [4.78, 5) is 16.8. The maximum atomic E-state index is 12.8. The van der Waals surface area contributed by atoms with Crippen LogP contribution in [0.1, 0.15) is 34.1 Å². The molecular weight excluding hydrogens is 306 g/mol. The number of hydrogen-bond donors (Lipinski definition) is 1. The number of likely N-dealkylation sites (tertiary alicyclic amines) is 1. The van der Waals surface area contributed by atoms with Crippen molar-refractivity contribution in [3.05, 3.63) is 46.3 Å². The summed E-state index contributed by atoms with van der Waals surface area (Å²) in [6.07, 6.45) is 2.64. The van der Waals surface area contributed by atoms with Crippen LogP contribution < -0.4 is 0 Å². The molecule has 1 saturated heterocycles. The van der Waals surface area contributed by atoms with Crippen molar-refractivity contribution < 1.29 is 9.90 Å². The average molecular weight is 327 g/mol. The largest absolute Gasteiger partial charge is 0.393 e. The minimum atomic E-state index is -0.337. The molecule has 23 heavy (non-hydrogen) atoms. The molecule has 0 bridgehead atoms. The third-order valence-electron chi connectivity index (χ3n) is 5.14. The van der Waals surface area contributed by atoms with Gasteiger partial charge in [0.15, 0.2) is 0 Å². The Morgan fingerprint density at radius 3 is 2.87 bits per heavy atom. The fraction of sp³-hybridized carbons (Fsp3) is 0.421. The van der Waals surface area contributed by atoms with Gasteiger partial charge in [0, 0.05) is 23.9 Å². The molecule has 2 aromatic rings. The summed E-state index contributed by atoms with van der Waals surface area (Å²) in [5.74, 6) is 0.347. The highest BCUT2D eigenvalue weighted by molar-refractivity contribution is 7.17. The summed E-state index contributed by atoms with van der Waals surface area (Å²) >= 11 is 1.63. The number of fused-ring (bicyclic) bond motifs is 3. The van der Waals surface area contributed by atoms with Gasteiger partial charge in [-0.2, -0.15) is 0 Å². The van der Waals surface area contributed by atoms with E-state index in [1.165, 1.54) is 21.6 Å². The van der Waals surface area contributed by atoms with Gasteiger partial charge in [-0.1, -0.05) is 24.3 Å². The van der Waals surface area contributed by atoms with Crippen molar-refractivity contribution in [3.63, 3.8) is 0 Å². The zero-order chi connectivity index (χ0) is 16.0. The molecule has 1 aliphatic heterocycles. The first-order valence-corrected chi connectivity index (χ1v) is 9.13. The van der Waals surface area contributed by atoms with Crippen LogP contribution in [0, 0.1) is 5.92 Å². The van der Waals surface area contributed by atoms with Gasteiger partial charge in [0.05, 0.1) is 11.0 Å². The minimum absolute atomic E-state index is 0.130. The Morgan fingerprint density at radius 1 is 1.30 bits per heavy atom. The number of carbonyl (C=O) groups excluding carboxylic acids is 1. The van der Waals surface area contributed by atoms with Crippen molar-refractivity contribution in [3.8, 4) is 10.4 Å². The van der Waals surface area contributed by atoms with Gasteiger partial charge in [0.1, 0.15) is 0 Å². The Morgan fingerprint density at radius 2 is 2.09 bits per heavy atom. The fourth-order valence-corrected chi connectivity index (χ4v) is 4.94. The van der Waals surface area contributed by atoms with E-state index in [2.05, 4.69) is 30.3 Å². The van der Waals surface area contributed by atoms with Gasteiger partial charge in [0.25, 0.3) is 5.91 Å². The number of hydrogen-bond acceptors (Lipinski definition) is 3. The van der Waals surface area contributed by atoms with Crippen LogP contribution in [0.5, 0.6) is 0 Å². The number of nitrogens with zero attached hydrogens (tertiary/aromatic N) is 1. The molecule has 1 amide bonds. The Kier molecular flexibility index (Phi) is 3.74. The molecule has 4 heteroatoms. The quantitative estimate of drug-likeness (QED) is 0.919. The van der Waals surface area contributed by atoms with E-state index in [0.717, 1.165) is 30.7 Å². The lowest BCUT2D eigenvalue weighted by atomic mass is 9.91. The molecule has 0 radical (unpaired) electrons. The molecule has 0 saturated carbocycles. The van der Waals surface area contributed by atoms with Crippen LogP contribution >= 0.6 is 11.3 Å². The molecule has 0 spiro atoms. The average Bonchev–Trinajstić information content (AvgIpc) is 3.21. The van der Waals surface area contributed by atoms with Crippen LogP contribution in [0.15, 0.2) is 30.3 Å². The Bertz CT molecular complexity index is 750. The highest BCUT2D eigenvalue weighted by Crippen LogP contribution is 2.40. The van der Waals surface area contributed by atoms with Crippen molar-refractivity contribution >= 4 is 17.2 Å². The number of aryl methyl sites for hydroxylation is 2. The molecule has 1 aliphatic carbocycles. The van der Waals surface area contributed by atoms with Crippen molar-refractivity contribution in [2.75, 3.05) is 13.1 Å². The lowest BCUT2D eigenvalue weighted by Gasteiger charge is -2.16. The molecule has 2 atom stereocenters. The van der Waals surface area contributed by atoms with E-state index in [0.29, 0.717) is 6.54 Å². The summed E-state index contributed by atoms with van der Waals surface area (Å²) in [5, 5.41) is 9.73. The van der Waals surface area contributed by atoms with Crippen molar-refractivity contribution in [1.82, 2.24) is 4.90 Å². The van der Waals surface area contributed by atoms with Gasteiger partial charge >= 0.3 is 0 Å². The Hall–Kier alpha value is -1.65. The smallest absolute Gasteiger partial charge is 0.263 e. The molecule has 1 N–H and O–H groups in total. The Balaban J connectivity index is 1.61. The van der Waals surface area contributed by atoms with E-state index >= 15 is 0 Å². The van der Waals surface area contributed by atoms with Crippen molar-refractivity contribution in [2.45, 2.75) is 32.3 Å². The minimum Gasteiger partial charge on any atom is -0.393 e. The zero-order valence-electron chi connectivity index (χ0n) is 13.3. The molecule has 1 fully saturated rings. The number of carbonyl (C=O) groups is 1. The molecule has 3 nitrogen and oxygen atoms in total. The van der Waals surface area contributed by atoms with Gasteiger partial charge in [-0.05, 0) is 48.9 Å². The van der Waals surface area contributed by atoms with Crippen LogP contribution in [-0.4, -0.2) is 35.1 Å². The second-order valence-corrected chi connectivity index (χ2v) is 7.71. The van der Waals surface area contributed by atoms with E-state index in [-0.39, 0.29) is 17.9 Å². The molecule has 4 rings (SSSR count). The third-order valence-corrected chi connectivity index (χ3v) is 6.34. The second kappa shape index (κ2) is 5.77. The van der Waals surface area contributed by atoms with Crippen LogP contribution in [0.4, 0.5) is 0 Å². The normalized spacial score (nSPS) is 21.0. The first kappa shape index (κ1) is 14.9. The lowest BCUT2D eigenvalue weighted by Crippen LogP contribution is -2.29. The summed E-state index contributed by atoms with van der Waals surface area (Å²) < 4.78 is 0. The molecule has 2 aliphatic rings. The number of rotatable bonds is 2. The Labute approximate surface area is 140 Å². The maximum absolute atomic E-state index is 12.8. The number of aliphatic hydroxyl groups excluding tert-OH is 1. The monoisotopic (exact) mass is 327 g/mol. The predicted molar refractivity (Wildman–Crippen MR) is 92.9 cm³/mol. The van der Waals surface area contributed by atoms with E-state index in [1.54, 1.807) is 11.3 Å². The highest BCUT2D eigenvalue weighted by atomic mass is 32.1. The number of amides is 1. The zero-order valence-corrected chi connectivity index (χ0v) is 14.1. The maximum Gasteiger partial charge on any atom is 0.263 e. The molecule has 2 heterocycles. The van der Waals surface area contributed by atoms with Gasteiger partial charge in [0.2, 0.25) is 0 Å². The first-order chi connectivity index (χ1) is 11.1. The predicted octanol–water partition coefficient (Wildman–Crippen LogP) is 3.36. The van der Waals surface area contributed by atoms with E-state index in [4.69, 9.17) is 0 Å². The number of thiophene rings is 1. The summed E-state index contributed by atoms with van der Waals surface area (Å²) in [7, 11) is 0. The molecular formula is C19H21NO2S. The summed E-state index contributed by atoms with van der Waals surface area (Å²) in [5.41, 5.74) is 3.99. The van der Waals surface area contributed by atoms with E-state index in [9.17, 15) is 9.90 Å². The van der Waals surface area contributed by atoms with Crippen molar-refractivity contribution in [2.24, 2.45) is 5.92 Å². The van der Waals surface area contributed by atoms with Gasteiger partial charge in [-0.3, -0.25) is 4.79 Å². The standard InChI is InChI=1S/C19H21NO2S/c1-12(21)15-8-9-20(11-15)19(22)17-10-14-7-6-13-4-2-3-5-16(13)18(14)23-17/h2-5,10,12,15,21H,6-9,11H2,1H3. The molecule has 120 valence electrons. The number of aliphatic hydroxyl groups is 1. The number of benzene rings is 1. The van der Waals surface area contributed by atoms with Crippen LogP contribution in [0.3, 0.4) is 0 Å². The first-order valence-electron chi connectivity index (χ1n) is 8.32. The fourth-order valence-electron chi connectivity index (χ4n) is 3.70. The van der Waals surface area contributed by atoms with Gasteiger partial charge in [-0.15, -0.1) is 11.3 Å². The lowest BCUT2D eigenvalue weighted by molar-refractivity contribution is 0.0767. The SMILES string of the molecule is CC(O)C1CCN(C(=O)c2cc3c(s2)-c2ccccc2CC3)C1. The summed E-state index contributed by atoms with van der Waals surface area (Å²) in [6, 6.07) is 10.6. The summed E-state index contributed by atoms with van der Waals surface area (Å²) in [6.45, 7) is 3.25. The molecule has 2 unspecified atom stereocenters. The van der Waals surface area contributed by atoms with Gasteiger partial charge in [-0.25, -0.2) is 0 Å². The van der Waals surface area contributed by atoms with Gasteiger partial charge < -0.3 is 10.0 Å². The van der Waals surface area contributed by atoms with Crippen LogP contribution in [0.25, 0.3) is 10.4 Å². The van der Waals surface area contributed by atoms with Crippen LogP contribution in [-0.2, 0) is 12.8 Å². The third kappa shape index (κ3) is 2.60. The van der Waals surface area contributed by atoms with Crippen molar-refractivity contribution in [1.29, 1.82) is 0 Å².